The number of alkyl carbamates (subject to hydrolysis) is 1. The van der Waals surface area contributed by atoms with Crippen molar-refractivity contribution >= 4 is 34.7 Å². The summed E-state index contributed by atoms with van der Waals surface area (Å²) in [4.78, 5) is 24.7. The van der Waals surface area contributed by atoms with Crippen molar-refractivity contribution in [3.05, 3.63) is 95.6 Å². The smallest absolute Gasteiger partial charge is 0.407 e. The summed E-state index contributed by atoms with van der Waals surface area (Å²) in [6, 6.07) is 25.6. The Morgan fingerprint density at radius 2 is 1.44 bits per heavy atom. The predicted octanol–water partition coefficient (Wildman–Crippen LogP) is 5.46. The van der Waals surface area contributed by atoms with E-state index < -0.39 is 6.09 Å². The summed E-state index contributed by atoms with van der Waals surface area (Å²) in [5, 5.41) is 2.80. The van der Waals surface area contributed by atoms with Crippen LogP contribution in [0.2, 0.25) is 0 Å². The first-order chi connectivity index (χ1) is 15.7. The minimum absolute atomic E-state index is 0.00189. The molecule has 164 valence electrons. The van der Waals surface area contributed by atoms with E-state index in [1.165, 1.54) is 11.1 Å². The molecule has 0 spiro atoms. The number of esters is 1. The number of ether oxygens (including phenoxy) is 2. The average molecular weight is 541 g/mol. The molecule has 5 nitrogen and oxygen atoms in total. The molecule has 3 aromatic carbocycles. The first kappa shape index (κ1) is 22.3. The molecule has 0 bridgehead atoms. The predicted molar refractivity (Wildman–Crippen MR) is 132 cm³/mol. The number of fused-ring (bicyclic) bond motifs is 3. The van der Waals surface area contributed by atoms with Gasteiger partial charge < -0.3 is 14.8 Å². The lowest BCUT2D eigenvalue weighted by molar-refractivity contribution is -0.145. The normalized spacial score (nSPS) is 13.0. The molecule has 4 rings (SSSR count). The number of amides is 1. The molecule has 0 heterocycles. The Kier molecular flexibility index (Phi) is 7.42. The molecule has 1 amide bonds. The number of hydrogen-bond donors (Lipinski definition) is 1. The van der Waals surface area contributed by atoms with Crippen molar-refractivity contribution < 1.29 is 19.1 Å². The minimum Gasteiger partial charge on any atom is -0.461 e. The fourth-order valence-electron chi connectivity index (χ4n) is 3.95. The zero-order valence-corrected chi connectivity index (χ0v) is 19.7. The van der Waals surface area contributed by atoms with E-state index in [2.05, 4.69) is 52.2 Å². The highest BCUT2D eigenvalue weighted by Crippen LogP contribution is 2.44. The van der Waals surface area contributed by atoms with Crippen LogP contribution in [-0.4, -0.2) is 29.1 Å². The molecular formula is C26H24INO4. The van der Waals surface area contributed by atoms with Crippen LogP contribution in [0.5, 0.6) is 0 Å². The quantitative estimate of drug-likeness (QED) is 0.234. The molecule has 0 radical (unpaired) electrons. The summed E-state index contributed by atoms with van der Waals surface area (Å²) >= 11 is 2.15. The van der Waals surface area contributed by atoms with E-state index in [0.717, 1.165) is 16.7 Å². The van der Waals surface area contributed by atoms with Gasteiger partial charge in [0.1, 0.15) is 13.2 Å². The summed E-state index contributed by atoms with van der Waals surface area (Å²) in [5.74, 6) is -0.350. The van der Waals surface area contributed by atoms with Gasteiger partial charge in [-0.3, -0.25) is 4.79 Å². The fourth-order valence-corrected chi connectivity index (χ4v) is 4.48. The molecule has 1 N–H and O–H groups in total. The van der Waals surface area contributed by atoms with E-state index >= 15 is 0 Å². The van der Waals surface area contributed by atoms with Crippen LogP contribution in [0.15, 0.2) is 78.9 Å². The summed E-state index contributed by atoms with van der Waals surface area (Å²) in [7, 11) is 0. The van der Waals surface area contributed by atoms with Crippen LogP contribution in [0.3, 0.4) is 0 Å². The number of carbonyl (C=O) groups excluding carboxylic acids is 2. The molecule has 0 aromatic heterocycles. The van der Waals surface area contributed by atoms with E-state index in [-0.39, 0.29) is 37.6 Å². The van der Waals surface area contributed by atoms with Crippen molar-refractivity contribution in [3.8, 4) is 11.1 Å². The second kappa shape index (κ2) is 10.6. The van der Waals surface area contributed by atoms with Crippen LogP contribution in [0.1, 0.15) is 29.0 Å². The van der Waals surface area contributed by atoms with Crippen molar-refractivity contribution in [3.63, 3.8) is 0 Å². The molecule has 32 heavy (non-hydrogen) atoms. The van der Waals surface area contributed by atoms with Gasteiger partial charge in [0.25, 0.3) is 0 Å². The topological polar surface area (TPSA) is 64.6 Å². The molecular weight excluding hydrogens is 517 g/mol. The second-order valence-electron chi connectivity index (χ2n) is 7.67. The molecule has 0 saturated carbocycles. The second-order valence-corrected chi connectivity index (χ2v) is 8.55. The Morgan fingerprint density at radius 3 is 2.06 bits per heavy atom. The Labute approximate surface area is 201 Å². The maximum Gasteiger partial charge on any atom is 0.407 e. The maximum absolute atomic E-state index is 12.5. The number of nitrogens with one attached hydrogen (secondary N) is 1. The van der Waals surface area contributed by atoms with Gasteiger partial charge in [0.05, 0.1) is 12.5 Å². The molecule has 0 aliphatic heterocycles. The Hall–Kier alpha value is -2.87. The fraction of sp³-hybridized carbons (Fsp3) is 0.231. The number of alkyl halides is 1. The van der Waals surface area contributed by atoms with Crippen molar-refractivity contribution in [2.24, 2.45) is 0 Å². The third-order valence-corrected chi connectivity index (χ3v) is 6.57. The van der Waals surface area contributed by atoms with Gasteiger partial charge in [-0.2, -0.15) is 0 Å². The Morgan fingerprint density at radius 1 is 0.844 bits per heavy atom. The third-order valence-electron chi connectivity index (χ3n) is 5.51. The van der Waals surface area contributed by atoms with Gasteiger partial charge in [-0.05, 0) is 27.8 Å². The highest BCUT2D eigenvalue weighted by atomic mass is 127. The summed E-state index contributed by atoms with van der Waals surface area (Å²) in [5.41, 5.74) is 5.62. The molecule has 6 heteroatoms. The van der Waals surface area contributed by atoms with E-state index in [1.54, 1.807) is 0 Å². The van der Waals surface area contributed by atoms with Crippen LogP contribution in [-0.2, 0) is 20.9 Å². The lowest BCUT2D eigenvalue weighted by atomic mass is 9.98. The Balaban J connectivity index is 1.30. The van der Waals surface area contributed by atoms with Crippen molar-refractivity contribution in [2.45, 2.75) is 25.0 Å². The number of rotatable bonds is 8. The van der Waals surface area contributed by atoms with Gasteiger partial charge in [0, 0.05) is 10.3 Å². The van der Waals surface area contributed by atoms with Crippen LogP contribution in [0.4, 0.5) is 4.79 Å². The molecule has 0 fully saturated rings. The van der Waals surface area contributed by atoms with E-state index in [4.69, 9.17) is 9.47 Å². The number of benzene rings is 3. The summed E-state index contributed by atoms with van der Waals surface area (Å²) < 4.78 is 11.5. The number of carbonyl (C=O) groups is 2. The minimum atomic E-state index is -0.524. The van der Waals surface area contributed by atoms with Crippen molar-refractivity contribution in [1.82, 2.24) is 5.32 Å². The standard InChI is InChI=1S/C26H24INO4/c27-15-19(14-25(29)31-16-18-8-2-1-3-9-18)28-26(30)32-17-24-22-12-6-4-10-20(22)21-11-5-7-13-23(21)24/h1-13,19,24H,14-17H2,(H,28,30)/t19-/m0/s1. The van der Waals surface area contributed by atoms with Gasteiger partial charge >= 0.3 is 12.1 Å². The summed E-state index contributed by atoms with van der Waals surface area (Å²) in [6.07, 6.45) is -0.427. The van der Waals surface area contributed by atoms with E-state index in [1.807, 2.05) is 54.6 Å². The largest absolute Gasteiger partial charge is 0.461 e. The SMILES string of the molecule is O=C(C[C@@H](CI)NC(=O)OCC1c2ccccc2-c2ccccc21)OCc1ccccc1. The number of halogens is 1. The molecule has 0 saturated heterocycles. The van der Waals surface area contributed by atoms with Crippen LogP contribution in [0.25, 0.3) is 11.1 Å². The zero-order chi connectivity index (χ0) is 22.3. The van der Waals surface area contributed by atoms with Crippen molar-refractivity contribution in [2.75, 3.05) is 11.0 Å². The molecule has 1 aliphatic rings. The number of hydrogen-bond acceptors (Lipinski definition) is 4. The average Bonchev–Trinajstić information content (AvgIpc) is 3.15. The lowest BCUT2D eigenvalue weighted by Crippen LogP contribution is -2.38. The Bertz CT molecular complexity index is 1040. The highest BCUT2D eigenvalue weighted by Gasteiger charge is 2.29. The van der Waals surface area contributed by atoms with E-state index in [9.17, 15) is 9.59 Å². The highest BCUT2D eigenvalue weighted by molar-refractivity contribution is 14.1. The maximum atomic E-state index is 12.5. The van der Waals surface area contributed by atoms with Crippen LogP contribution in [0, 0.1) is 0 Å². The molecule has 3 aromatic rings. The molecule has 0 unspecified atom stereocenters. The van der Waals surface area contributed by atoms with Gasteiger partial charge in [0.15, 0.2) is 0 Å². The van der Waals surface area contributed by atoms with Gasteiger partial charge in [-0.15, -0.1) is 0 Å². The third kappa shape index (κ3) is 5.30. The van der Waals surface area contributed by atoms with Gasteiger partial charge in [-0.25, -0.2) is 4.79 Å². The van der Waals surface area contributed by atoms with Gasteiger partial charge in [0.2, 0.25) is 0 Å². The van der Waals surface area contributed by atoms with E-state index in [0.29, 0.717) is 4.43 Å². The van der Waals surface area contributed by atoms with Crippen molar-refractivity contribution in [1.29, 1.82) is 0 Å². The first-order valence-corrected chi connectivity index (χ1v) is 12.0. The lowest BCUT2D eigenvalue weighted by Gasteiger charge is -2.18. The molecule has 1 atom stereocenters. The van der Waals surface area contributed by atoms with Gasteiger partial charge in [-0.1, -0.05) is 101 Å². The zero-order valence-electron chi connectivity index (χ0n) is 17.5. The van der Waals surface area contributed by atoms with Crippen LogP contribution < -0.4 is 5.32 Å². The van der Waals surface area contributed by atoms with Crippen LogP contribution >= 0.6 is 22.6 Å². The summed E-state index contributed by atoms with van der Waals surface area (Å²) in [6.45, 7) is 0.463. The first-order valence-electron chi connectivity index (χ1n) is 10.5. The molecule has 1 aliphatic carbocycles. The monoisotopic (exact) mass is 541 g/mol.